The van der Waals surface area contributed by atoms with Gasteiger partial charge in [0.25, 0.3) is 0 Å². The number of aromatic carboxylic acids is 1. The predicted molar refractivity (Wildman–Crippen MR) is 84.2 cm³/mol. The number of nitrogens with zero attached hydrogens (tertiary/aromatic N) is 2. The van der Waals surface area contributed by atoms with Crippen LogP contribution in [0.4, 0.5) is 0 Å². The van der Waals surface area contributed by atoms with E-state index in [1.807, 2.05) is 13.0 Å². The van der Waals surface area contributed by atoms with Crippen LogP contribution in [-0.4, -0.2) is 20.6 Å². The molecule has 0 amide bonds. The molecule has 3 aromatic rings. The second-order valence-corrected chi connectivity index (χ2v) is 6.33. The Morgan fingerprint density at radius 1 is 1.33 bits per heavy atom. The minimum atomic E-state index is -0.931. The van der Waals surface area contributed by atoms with Crippen LogP contribution < -0.4 is 0 Å². The van der Waals surface area contributed by atoms with Crippen LogP contribution in [0.25, 0.3) is 11.0 Å². The molecule has 2 aromatic heterocycles. The third-order valence-corrected chi connectivity index (χ3v) is 4.50. The highest BCUT2D eigenvalue weighted by atomic mass is 32.1. The normalized spacial score (nSPS) is 11.1. The molecule has 1 N–H and O–H groups in total. The second kappa shape index (κ2) is 5.33. The molecule has 0 radical (unpaired) electrons. The summed E-state index contributed by atoms with van der Waals surface area (Å²) in [6.07, 6.45) is 0.776. The maximum absolute atomic E-state index is 11.3. The van der Waals surface area contributed by atoms with Crippen LogP contribution in [0.3, 0.4) is 0 Å². The zero-order valence-corrected chi connectivity index (χ0v) is 12.8. The number of aromatic nitrogens is 2. The first-order valence-electron chi connectivity index (χ1n) is 6.87. The Bertz CT molecular complexity index is 817. The van der Waals surface area contributed by atoms with E-state index in [4.69, 9.17) is 0 Å². The second-order valence-electron chi connectivity index (χ2n) is 4.96. The van der Waals surface area contributed by atoms with Gasteiger partial charge in [-0.15, -0.1) is 11.3 Å². The van der Waals surface area contributed by atoms with Crippen molar-refractivity contribution in [2.24, 2.45) is 0 Å². The van der Waals surface area contributed by atoms with Crippen molar-refractivity contribution in [3.8, 4) is 0 Å². The van der Waals surface area contributed by atoms with Gasteiger partial charge in [-0.3, -0.25) is 0 Å². The number of carbonyl (C=O) groups is 1. The molecule has 5 heteroatoms. The number of para-hydroxylation sites is 1. The van der Waals surface area contributed by atoms with Crippen LogP contribution in [0, 0.1) is 6.92 Å². The number of imidazole rings is 1. The van der Waals surface area contributed by atoms with E-state index in [1.54, 1.807) is 23.5 Å². The van der Waals surface area contributed by atoms with Crippen LogP contribution in [-0.2, 0) is 13.0 Å². The Morgan fingerprint density at radius 3 is 2.76 bits per heavy atom. The number of aryl methyl sites for hydroxylation is 2. The van der Waals surface area contributed by atoms with Crippen LogP contribution in [0.1, 0.15) is 32.9 Å². The first kappa shape index (κ1) is 13.8. The first-order valence-corrected chi connectivity index (χ1v) is 7.68. The molecule has 0 unspecified atom stereocenters. The summed E-state index contributed by atoms with van der Waals surface area (Å²) in [5.74, 6) is -0.00961. The number of fused-ring (bicyclic) bond motifs is 1. The summed E-state index contributed by atoms with van der Waals surface area (Å²) < 4.78 is 2.12. The maximum Gasteiger partial charge on any atom is 0.337 e. The lowest BCUT2D eigenvalue weighted by atomic mass is 10.2. The summed E-state index contributed by atoms with van der Waals surface area (Å²) in [5, 5.41) is 9.30. The van der Waals surface area contributed by atoms with Gasteiger partial charge >= 0.3 is 5.97 Å². The van der Waals surface area contributed by atoms with Crippen molar-refractivity contribution in [2.45, 2.75) is 26.8 Å². The topological polar surface area (TPSA) is 55.1 Å². The molecule has 0 aliphatic rings. The molecule has 3 rings (SSSR count). The molecule has 0 saturated heterocycles. The molecule has 0 bridgehead atoms. The highest BCUT2D eigenvalue weighted by molar-refractivity contribution is 7.11. The summed E-state index contributed by atoms with van der Waals surface area (Å²) in [6, 6.07) is 9.55. The molecule has 4 nitrogen and oxygen atoms in total. The molecule has 0 atom stereocenters. The van der Waals surface area contributed by atoms with Crippen molar-refractivity contribution < 1.29 is 9.90 Å². The van der Waals surface area contributed by atoms with E-state index in [-0.39, 0.29) is 5.56 Å². The molecule has 2 heterocycles. The molecule has 0 saturated carbocycles. The minimum absolute atomic E-state index is 0.267. The van der Waals surface area contributed by atoms with Gasteiger partial charge in [0, 0.05) is 16.2 Å². The third kappa shape index (κ3) is 2.45. The van der Waals surface area contributed by atoms with Gasteiger partial charge in [-0.2, -0.15) is 0 Å². The average Bonchev–Trinajstić information content (AvgIpc) is 3.03. The van der Waals surface area contributed by atoms with Gasteiger partial charge in [-0.25, -0.2) is 9.78 Å². The summed E-state index contributed by atoms with van der Waals surface area (Å²) >= 11 is 1.76. The number of hydrogen-bond donors (Lipinski definition) is 1. The van der Waals surface area contributed by atoms with Gasteiger partial charge in [0.15, 0.2) is 0 Å². The lowest BCUT2D eigenvalue weighted by Crippen LogP contribution is -2.03. The van der Waals surface area contributed by atoms with Crippen molar-refractivity contribution in [3.05, 3.63) is 51.5 Å². The van der Waals surface area contributed by atoms with Crippen LogP contribution in [0.2, 0.25) is 0 Å². The first-order chi connectivity index (χ1) is 10.1. The lowest BCUT2D eigenvalue weighted by molar-refractivity contribution is 0.0699. The molecule has 0 aliphatic carbocycles. The Kier molecular flexibility index (Phi) is 3.51. The van der Waals surface area contributed by atoms with E-state index in [9.17, 15) is 9.90 Å². The average molecular weight is 300 g/mol. The summed E-state index contributed by atoms with van der Waals surface area (Å²) in [7, 11) is 0. The van der Waals surface area contributed by atoms with Gasteiger partial charge < -0.3 is 9.67 Å². The van der Waals surface area contributed by atoms with E-state index < -0.39 is 5.97 Å². The standard InChI is InChI=1S/C16H16N2O2S/c1-3-14-17-15-12(16(19)20)5-4-6-13(15)18(14)9-11-8-7-10(2)21-11/h4-8H,3,9H2,1-2H3,(H,19,20). The molecular weight excluding hydrogens is 284 g/mol. The van der Waals surface area contributed by atoms with Gasteiger partial charge in [0.05, 0.1) is 17.6 Å². The van der Waals surface area contributed by atoms with Crippen molar-refractivity contribution in [1.82, 2.24) is 9.55 Å². The number of hydrogen-bond acceptors (Lipinski definition) is 3. The van der Waals surface area contributed by atoms with Gasteiger partial charge in [-0.05, 0) is 31.2 Å². The minimum Gasteiger partial charge on any atom is -0.478 e. The van der Waals surface area contributed by atoms with Crippen LogP contribution in [0.15, 0.2) is 30.3 Å². The molecule has 108 valence electrons. The number of benzene rings is 1. The monoisotopic (exact) mass is 300 g/mol. The molecule has 0 aliphatic heterocycles. The SMILES string of the molecule is CCc1nc2c(C(=O)O)cccc2n1Cc1ccc(C)s1. The fourth-order valence-corrected chi connectivity index (χ4v) is 3.42. The van der Waals surface area contributed by atoms with Gasteiger partial charge in [-0.1, -0.05) is 13.0 Å². The van der Waals surface area contributed by atoms with Gasteiger partial charge in [0.1, 0.15) is 11.3 Å². The quantitative estimate of drug-likeness (QED) is 0.799. The largest absolute Gasteiger partial charge is 0.478 e. The summed E-state index contributed by atoms with van der Waals surface area (Å²) in [5.41, 5.74) is 1.73. The fourth-order valence-electron chi connectivity index (χ4n) is 2.54. The van der Waals surface area contributed by atoms with E-state index in [0.717, 1.165) is 24.3 Å². The molecular formula is C16H16N2O2S. The number of carboxylic acid groups (broad SMARTS) is 1. The molecule has 0 spiro atoms. The molecule has 1 aromatic carbocycles. The van der Waals surface area contributed by atoms with Crippen molar-refractivity contribution in [1.29, 1.82) is 0 Å². The number of thiophene rings is 1. The van der Waals surface area contributed by atoms with E-state index in [2.05, 4.69) is 28.6 Å². The van der Waals surface area contributed by atoms with E-state index in [0.29, 0.717) is 5.52 Å². The van der Waals surface area contributed by atoms with Crippen molar-refractivity contribution >= 4 is 28.3 Å². The number of carboxylic acids is 1. The Labute approximate surface area is 126 Å². The summed E-state index contributed by atoms with van der Waals surface area (Å²) in [6.45, 7) is 4.86. The molecule has 0 fully saturated rings. The third-order valence-electron chi connectivity index (χ3n) is 3.51. The Morgan fingerprint density at radius 2 is 2.14 bits per heavy atom. The predicted octanol–water partition coefficient (Wildman–Crippen LogP) is 3.72. The highest BCUT2D eigenvalue weighted by Gasteiger charge is 2.16. The van der Waals surface area contributed by atoms with Gasteiger partial charge in [0.2, 0.25) is 0 Å². The molecule has 21 heavy (non-hydrogen) atoms. The zero-order valence-electron chi connectivity index (χ0n) is 12.0. The van der Waals surface area contributed by atoms with E-state index in [1.165, 1.54) is 9.75 Å². The highest BCUT2D eigenvalue weighted by Crippen LogP contribution is 2.24. The zero-order chi connectivity index (χ0) is 15.0. The Balaban J connectivity index is 2.16. The van der Waals surface area contributed by atoms with Crippen LogP contribution >= 0.6 is 11.3 Å². The van der Waals surface area contributed by atoms with E-state index >= 15 is 0 Å². The van der Waals surface area contributed by atoms with Crippen molar-refractivity contribution in [3.63, 3.8) is 0 Å². The lowest BCUT2D eigenvalue weighted by Gasteiger charge is -2.06. The Hall–Kier alpha value is -2.14. The number of rotatable bonds is 4. The smallest absolute Gasteiger partial charge is 0.337 e. The van der Waals surface area contributed by atoms with Crippen LogP contribution in [0.5, 0.6) is 0 Å². The summed E-state index contributed by atoms with van der Waals surface area (Å²) in [4.78, 5) is 18.4. The van der Waals surface area contributed by atoms with Crippen molar-refractivity contribution in [2.75, 3.05) is 0 Å². The fraction of sp³-hybridized carbons (Fsp3) is 0.250. The maximum atomic E-state index is 11.3.